The zero-order chi connectivity index (χ0) is 13.7. The van der Waals surface area contributed by atoms with Crippen LogP contribution in [-0.2, 0) is 11.3 Å². The predicted octanol–water partition coefficient (Wildman–Crippen LogP) is 2.29. The van der Waals surface area contributed by atoms with E-state index in [4.69, 9.17) is 9.15 Å². The molecular formula is C13H15N3O3. The maximum atomic E-state index is 11.1. The van der Waals surface area contributed by atoms with Crippen LogP contribution in [0.25, 0.3) is 11.5 Å². The monoisotopic (exact) mass is 261 g/mol. The lowest BCUT2D eigenvalue weighted by atomic mass is 10.1. The Balaban J connectivity index is 2.04. The highest BCUT2D eigenvalue weighted by Gasteiger charge is 2.11. The van der Waals surface area contributed by atoms with Gasteiger partial charge >= 0.3 is 6.09 Å². The molecule has 0 fully saturated rings. The van der Waals surface area contributed by atoms with Crippen molar-refractivity contribution in [3.05, 3.63) is 35.7 Å². The average Bonchev–Trinajstić information content (AvgIpc) is 2.86. The van der Waals surface area contributed by atoms with E-state index >= 15 is 0 Å². The number of ether oxygens (including phenoxy) is 1. The van der Waals surface area contributed by atoms with E-state index in [1.807, 2.05) is 31.2 Å². The van der Waals surface area contributed by atoms with Crippen LogP contribution in [0.4, 0.5) is 4.79 Å². The first-order chi connectivity index (χ1) is 9.20. The molecule has 0 saturated heterocycles. The first-order valence-corrected chi connectivity index (χ1v) is 5.99. The minimum Gasteiger partial charge on any atom is -0.450 e. The van der Waals surface area contributed by atoms with E-state index < -0.39 is 6.09 Å². The normalized spacial score (nSPS) is 10.2. The number of rotatable bonds is 4. The molecule has 0 aliphatic heterocycles. The second kappa shape index (κ2) is 5.99. The first-order valence-electron chi connectivity index (χ1n) is 5.99. The molecule has 1 amide bonds. The number of aryl methyl sites for hydroxylation is 1. The topological polar surface area (TPSA) is 77.2 Å². The molecule has 1 aromatic carbocycles. The number of amides is 1. The van der Waals surface area contributed by atoms with Crippen molar-refractivity contribution in [2.45, 2.75) is 20.4 Å². The van der Waals surface area contributed by atoms with Gasteiger partial charge < -0.3 is 14.5 Å². The minimum absolute atomic E-state index is 0.151. The minimum atomic E-state index is -0.502. The lowest BCUT2D eigenvalue weighted by molar-refractivity contribution is 0.150. The van der Waals surface area contributed by atoms with Crippen molar-refractivity contribution >= 4 is 6.09 Å². The lowest BCUT2D eigenvalue weighted by Crippen LogP contribution is -2.23. The maximum Gasteiger partial charge on any atom is 0.407 e. The van der Waals surface area contributed by atoms with Crippen LogP contribution in [0, 0.1) is 6.92 Å². The fourth-order valence-corrected chi connectivity index (χ4v) is 1.58. The van der Waals surface area contributed by atoms with E-state index in [-0.39, 0.29) is 6.54 Å². The maximum absolute atomic E-state index is 11.1. The molecule has 6 heteroatoms. The summed E-state index contributed by atoms with van der Waals surface area (Å²) in [5.41, 5.74) is 1.94. The highest BCUT2D eigenvalue weighted by atomic mass is 16.5. The van der Waals surface area contributed by atoms with Gasteiger partial charge in [0, 0.05) is 5.56 Å². The molecular weight excluding hydrogens is 246 g/mol. The summed E-state index contributed by atoms with van der Waals surface area (Å²) in [7, 11) is 0. The van der Waals surface area contributed by atoms with Gasteiger partial charge in [-0.15, -0.1) is 10.2 Å². The molecule has 0 aliphatic rings. The summed E-state index contributed by atoms with van der Waals surface area (Å²) in [6.45, 7) is 4.18. The molecule has 2 rings (SSSR count). The SMILES string of the molecule is CCOC(=O)NCc1nnc(-c2ccccc2C)o1. The summed E-state index contributed by atoms with van der Waals surface area (Å²) in [6.07, 6.45) is -0.502. The van der Waals surface area contributed by atoms with Crippen molar-refractivity contribution in [3.63, 3.8) is 0 Å². The zero-order valence-corrected chi connectivity index (χ0v) is 10.8. The van der Waals surface area contributed by atoms with Crippen molar-refractivity contribution in [1.29, 1.82) is 0 Å². The van der Waals surface area contributed by atoms with Crippen LogP contribution < -0.4 is 5.32 Å². The van der Waals surface area contributed by atoms with Crippen molar-refractivity contribution in [2.24, 2.45) is 0 Å². The fraction of sp³-hybridized carbons (Fsp3) is 0.308. The predicted molar refractivity (Wildman–Crippen MR) is 68.3 cm³/mol. The van der Waals surface area contributed by atoms with Gasteiger partial charge in [-0.05, 0) is 25.5 Å². The van der Waals surface area contributed by atoms with Crippen LogP contribution in [0.15, 0.2) is 28.7 Å². The molecule has 6 nitrogen and oxygen atoms in total. The number of aromatic nitrogens is 2. The molecule has 0 atom stereocenters. The van der Waals surface area contributed by atoms with Crippen LogP contribution in [-0.4, -0.2) is 22.9 Å². The number of nitrogens with zero attached hydrogens (tertiary/aromatic N) is 2. The van der Waals surface area contributed by atoms with Crippen LogP contribution >= 0.6 is 0 Å². The molecule has 2 aromatic rings. The van der Waals surface area contributed by atoms with Crippen LogP contribution in [0.2, 0.25) is 0 Å². The van der Waals surface area contributed by atoms with E-state index in [1.54, 1.807) is 6.92 Å². The van der Waals surface area contributed by atoms with Gasteiger partial charge in [0.05, 0.1) is 13.2 Å². The Morgan fingerprint density at radius 3 is 2.89 bits per heavy atom. The van der Waals surface area contributed by atoms with E-state index in [1.165, 1.54) is 0 Å². The van der Waals surface area contributed by atoms with Gasteiger partial charge in [0.2, 0.25) is 11.8 Å². The summed E-state index contributed by atoms with van der Waals surface area (Å²) in [4.78, 5) is 11.1. The Kier molecular flexibility index (Phi) is 4.12. The van der Waals surface area contributed by atoms with Gasteiger partial charge in [-0.2, -0.15) is 0 Å². The third kappa shape index (κ3) is 3.31. The highest BCUT2D eigenvalue weighted by molar-refractivity contribution is 5.66. The Hall–Kier alpha value is -2.37. The average molecular weight is 261 g/mol. The fourth-order valence-electron chi connectivity index (χ4n) is 1.58. The van der Waals surface area contributed by atoms with Gasteiger partial charge in [0.15, 0.2) is 0 Å². The molecule has 100 valence electrons. The van der Waals surface area contributed by atoms with Crippen LogP contribution in [0.3, 0.4) is 0 Å². The van der Waals surface area contributed by atoms with Crippen molar-refractivity contribution < 1.29 is 13.9 Å². The van der Waals surface area contributed by atoms with Crippen molar-refractivity contribution in [1.82, 2.24) is 15.5 Å². The van der Waals surface area contributed by atoms with E-state index in [0.717, 1.165) is 11.1 Å². The Bertz CT molecular complexity index is 566. The second-order valence-corrected chi connectivity index (χ2v) is 3.89. The molecule has 1 N–H and O–H groups in total. The quantitative estimate of drug-likeness (QED) is 0.913. The number of benzene rings is 1. The number of carbonyl (C=O) groups excluding carboxylic acids is 1. The number of nitrogens with one attached hydrogen (secondary N) is 1. The summed E-state index contributed by atoms with van der Waals surface area (Å²) < 4.78 is 10.2. The number of alkyl carbamates (subject to hydrolysis) is 1. The number of carbonyl (C=O) groups is 1. The van der Waals surface area contributed by atoms with E-state index in [2.05, 4.69) is 15.5 Å². The Labute approximate surface area is 110 Å². The molecule has 0 saturated carbocycles. The largest absolute Gasteiger partial charge is 0.450 e. The summed E-state index contributed by atoms with van der Waals surface area (Å²) in [6, 6.07) is 7.73. The summed E-state index contributed by atoms with van der Waals surface area (Å²) in [5, 5.41) is 10.4. The highest BCUT2D eigenvalue weighted by Crippen LogP contribution is 2.21. The third-order valence-corrected chi connectivity index (χ3v) is 2.50. The molecule has 0 bridgehead atoms. The molecule has 0 aliphatic carbocycles. The van der Waals surface area contributed by atoms with Gasteiger partial charge in [-0.1, -0.05) is 18.2 Å². The molecule has 1 aromatic heterocycles. The summed E-state index contributed by atoms with van der Waals surface area (Å²) in [5.74, 6) is 0.782. The molecule has 0 spiro atoms. The molecule has 0 radical (unpaired) electrons. The molecule has 1 heterocycles. The van der Waals surface area contributed by atoms with Gasteiger partial charge in [-0.3, -0.25) is 0 Å². The van der Waals surface area contributed by atoms with Crippen LogP contribution in [0.1, 0.15) is 18.4 Å². The Morgan fingerprint density at radius 1 is 1.37 bits per heavy atom. The first kappa shape index (κ1) is 13.1. The van der Waals surface area contributed by atoms with Gasteiger partial charge in [0.1, 0.15) is 0 Å². The third-order valence-electron chi connectivity index (χ3n) is 2.50. The lowest BCUT2D eigenvalue weighted by Gasteiger charge is -2.01. The number of hydrogen-bond acceptors (Lipinski definition) is 5. The van der Waals surface area contributed by atoms with E-state index in [9.17, 15) is 4.79 Å². The van der Waals surface area contributed by atoms with Gasteiger partial charge in [-0.25, -0.2) is 4.79 Å². The van der Waals surface area contributed by atoms with Gasteiger partial charge in [0.25, 0.3) is 0 Å². The van der Waals surface area contributed by atoms with Crippen molar-refractivity contribution in [3.8, 4) is 11.5 Å². The van der Waals surface area contributed by atoms with E-state index in [0.29, 0.717) is 18.4 Å². The second-order valence-electron chi connectivity index (χ2n) is 3.89. The number of hydrogen-bond donors (Lipinski definition) is 1. The zero-order valence-electron chi connectivity index (χ0n) is 10.8. The smallest absolute Gasteiger partial charge is 0.407 e. The Morgan fingerprint density at radius 2 is 2.16 bits per heavy atom. The van der Waals surface area contributed by atoms with Crippen LogP contribution in [0.5, 0.6) is 0 Å². The molecule has 0 unspecified atom stereocenters. The molecule has 19 heavy (non-hydrogen) atoms. The summed E-state index contributed by atoms with van der Waals surface area (Å²) >= 11 is 0. The standard InChI is InChI=1S/C13H15N3O3/c1-3-18-13(17)14-8-11-15-16-12(19-11)10-7-5-4-6-9(10)2/h4-7H,3,8H2,1-2H3,(H,14,17). The van der Waals surface area contributed by atoms with Crippen molar-refractivity contribution in [2.75, 3.05) is 6.61 Å².